The van der Waals surface area contributed by atoms with Crippen LogP contribution in [0.1, 0.15) is 26.7 Å². The number of benzene rings is 1. The number of hydrogen-bond acceptors (Lipinski definition) is 2. The van der Waals surface area contributed by atoms with E-state index in [1.807, 2.05) is 13.8 Å². The number of carboxylic acids is 1. The molecule has 0 aliphatic heterocycles. The van der Waals surface area contributed by atoms with Gasteiger partial charge in [0.05, 0.1) is 0 Å². The van der Waals surface area contributed by atoms with Crippen molar-refractivity contribution in [2.45, 2.75) is 36.8 Å². The largest absolute Gasteiger partial charge is 0.480 e. The smallest absolute Gasteiger partial charge is 0.317 e. The fourth-order valence-corrected chi connectivity index (χ4v) is 3.06. The lowest BCUT2D eigenvalue weighted by molar-refractivity contribution is -0.137. The minimum atomic E-state index is -0.826. The molecule has 4 heteroatoms. The number of thioether (sulfide) groups is 1. The molecule has 0 saturated carbocycles. The lowest BCUT2D eigenvalue weighted by Gasteiger charge is -2.20. The van der Waals surface area contributed by atoms with Crippen molar-refractivity contribution in [1.82, 2.24) is 0 Å². The van der Waals surface area contributed by atoms with Crippen LogP contribution in [0.25, 0.3) is 0 Å². The fourth-order valence-electron chi connectivity index (χ4n) is 1.75. The van der Waals surface area contributed by atoms with Crippen LogP contribution in [0.2, 0.25) is 0 Å². The zero-order valence-corrected chi connectivity index (χ0v) is 10.8. The van der Waals surface area contributed by atoms with E-state index in [-0.39, 0.29) is 11.7 Å². The summed E-state index contributed by atoms with van der Waals surface area (Å²) in [7, 11) is 0. The van der Waals surface area contributed by atoms with E-state index in [0.717, 1.165) is 12.8 Å². The van der Waals surface area contributed by atoms with Gasteiger partial charge in [-0.15, -0.1) is 11.8 Å². The van der Waals surface area contributed by atoms with Crippen molar-refractivity contribution in [2.24, 2.45) is 5.92 Å². The Balaban J connectivity index is 2.83. The summed E-state index contributed by atoms with van der Waals surface area (Å²) in [6.45, 7) is 3.96. The summed E-state index contributed by atoms with van der Waals surface area (Å²) in [6, 6.07) is 6.08. The van der Waals surface area contributed by atoms with Crippen LogP contribution in [0.5, 0.6) is 0 Å². The number of carbonyl (C=O) groups is 1. The summed E-state index contributed by atoms with van der Waals surface area (Å²) < 4.78 is 13.0. The zero-order chi connectivity index (χ0) is 12.8. The van der Waals surface area contributed by atoms with Gasteiger partial charge in [-0.3, -0.25) is 4.79 Å². The van der Waals surface area contributed by atoms with Gasteiger partial charge in [0.1, 0.15) is 11.1 Å². The van der Waals surface area contributed by atoms with Gasteiger partial charge in [0, 0.05) is 4.90 Å². The monoisotopic (exact) mass is 256 g/mol. The Morgan fingerprint density at radius 1 is 1.41 bits per heavy atom. The van der Waals surface area contributed by atoms with E-state index in [9.17, 15) is 14.3 Å². The van der Waals surface area contributed by atoms with Gasteiger partial charge in [0.15, 0.2) is 0 Å². The topological polar surface area (TPSA) is 37.3 Å². The molecule has 2 nitrogen and oxygen atoms in total. The molecule has 0 heterocycles. The van der Waals surface area contributed by atoms with Crippen molar-refractivity contribution < 1.29 is 14.3 Å². The number of aliphatic carboxylic acids is 1. The maximum atomic E-state index is 13.0. The summed E-state index contributed by atoms with van der Waals surface area (Å²) in [5.74, 6) is -1.04. The fraction of sp³-hybridized carbons (Fsp3) is 0.462. The molecule has 1 rings (SSSR count). The lowest BCUT2D eigenvalue weighted by Crippen LogP contribution is -2.25. The van der Waals surface area contributed by atoms with Gasteiger partial charge in [-0.1, -0.05) is 32.8 Å². The van der Waals surface area contributed by atoms with Crippen LogP contribution in [0.15, 0.2) is 29.2 Å². The Hall–Kier alpha value is -1.03. The highest BCUT2D eigenvalue weighted by atomic mass is 32.2. The first-order chi connectivity index (χ1) is 8.08. The molecule has 0 amide bonds. The van der Waals surface area contributed by atoms with Crippen LogP contribution in [0, 0.1) is 11.7 Å². The van der Waals surface area contributed by atoms with Crippen LogP contribution in [0.4, 0.5) is 4.39 Å². The zero-order valence-electron chi connectivity index (χ0n) is 10.0. The van der Waals surface area contributed by atoms with Crippen molar-refractivity contribution >= 4 is 17.7 Å². The second-order valence-electron chi connectivity index (χ2n) is 3.91. The second kappa shape index (κ2) is 6.64. The van der Waals surface area contributed by atoms with Crippen molar-refractivity contribution in [3.63, 3.8) is 0 Å². The highest BCUT2D eigenvalue weighted by Gasteiger charge is 2.26. The average Bonchev–Trinajstić information content (AvgIpc) is 2.29. The van der Waals surface area contributed by atoms with Gasteiger partial charge in [0.2, 0.25) is 0 Å². The first-order valence-electron chi connectivity index (χ1n) is 5.73. The molecule has 0 radical (unpaired) electrons. The predicted molar refractivity (Wildman–Crippen MR) is 67.8 cm³/mol. The molecule has 17 heavy (non-hydrogen) atoms. The van der Waals surface area contributed by atoms with Gasteiger partial charge >= 0.3 is 5.97 Å². The average molecular weight is 256 g/mol. The van der Waals surface area contributed by atoms with Crippen molar-refractivity contribution in [3.05, 3.63) is 30.1 Å². The van der Waals surface area contributed by atoms with Crippen LogP contribution < -0.4 is 0 Å². The molecule has 1 N–H and O–H groups in total. The molecule has 0 bridgehead atoms. The summed E-state index contributed by atoms with van der Waals surface area (Å²) in [6.07, 6.45) is 1.63. The summed E-state index contributed by atoms with van der Waals surface area (Å²) >= 11 is 1.23. The number of hydrogen-bond donors (Lipinski definition) is 1. The van der Waals surface area contributed by atoms with Gasteiger partial charge in [-0.05, 0) is 24.1 Å². The Morgan fingerprint density at radius 3 is 2.53 bits per heavy atom. The number of halogens is 1. The van der Waals surface area contributed by atoms with E-state index in [2.05, 4.69) is 0 Å². The van der Waals surface area contributed by atoms with Crippen LogP contribution in [0.3, 0.4) is 0 Å². The predicted octanol–water partition coefficient (Wildman–Crippen LogP) is 3.81. The highest BCUT2D eigenvalue weighted by molar-refractivity contribution is 8.00. The summed E-state index contributed by atoms with van der Waals surface area (Å²) in [5, 5.41) is 8.71. The molecule has 0 aliphatic rings. The van der Waals surface area contributed by atoms with Gasteiger partial charge < -0.3 is 5.11 Å². The van der Waals surface area contributed by atoms with E-state index in [4.69, 9.17) is 0 Å². The summed E-state index contributed by atoms with van der Waals surface area (Å²) in [5.41, 5.74) is 0. The number of carboxylic acid groups (broad SMARTS) is 1. The van der Waals surface area contributed by atoms with E-state index >= 15 is 0 Å². The van der Waals surface area contributed by atoms with E-state index in [1.165, 1.54) is 23.9 Å². The van der Waals surface area contributed by atoms with Gasteiger partial charge in [-0.25, -0.2) is 4.39 Å². The maximum Gasteiger partial charge on any atom is 0.317 e. The Kier molecular flexibility index (Phi) is 5.48. The second-order valence-corrected chi connectivity index (χ2v) is 5.13. The van der Waals surface area contributed by atoms with Crippen LogP contribution >= 0.6 is 11.8 Å². The SMILES string of the molecule is CCC(CC)C(Sc1cccc(F)c1)C(=O)O. The Morgan fingerprint density at radius 2 is 2.06 bits per heavy atom. The van der Waals surface area contributed by atoms with E-state index < -0.39 is 11.2 Å². The maximum absolute atomic E-state index is 13.0. The quantitative estimate of drug-likeness (QED) is 0.786. The molecule has 1 aromatic rings. The van der Waals surface area contributed by atoms with Crippen molar-refractivity contribution in [2.75, 3.05) is 0 Å². The Bertz CT molecular complexity index is 377. The van der Waals surface area contributed by atoms with Crippen LogP contribution in [-0.2, 0) is 4.79 Å². The van der Waals surface area contributed by atoms with Crippen molar-refractivity contribution in [3.8, 4) is 0 Å². The number of rotatable bonds is 6. The van der Waals surface area contributed by atoms with Gasteiger partial charge in [-0.2, -0.15) is 0 Å². The molecule has 0 saturated heterocycles. The summed E-state index contributed by atoms with van der Waals surface area (Å²) in [4.78, 5) is 11.9. The molecule has 1 unspecified atom stereocenters. The first kappa shape index (κ1) is 14.0. The molecule has 0 aromatic heterocycles. The highest BCUT2D eigenvalue weighted by Crippen LogP contribution is 2.31. The van der Waals surface area contributed by atoms with E-state index in [1.54, 1.807) is 12.1 Å². The van der Waals surface area contributed by atoms with E-state index in [0.29, 0.717) is 4.90 Å². The van der Waals surface area contributed by atoms with Crippen molar-refractivity contribution in [1.29, 1.82) is 0 Å². The molecule has 0 fully saturated rings. The van der Waals surface area contributed by atoms with Crippen LogP contribution in [-0.4, -0.2) is 16.3 Å². The standard InChI is InChI=1S/C13H17FO2S/c1-3-9(4-2)12(13(15)16)17-11-7-5-6-10(14)8-11/h5-9,12H,3-4H2,1-2H3,(H,15,16). The minimum Gasteiger partial charge on any atom is -0.480 e. The third-order valence-corrected chi connectivity index (χ3v) is 4.15. The molecule has 94 valence electrons. The third kappa shape index (κ3) is 4.04. The molecule has 0 aliphatic carbocycles. The Labute approximate surface area is 105 Å². The molecular weight excluding hydrogens is 239 g/mol. The minimum absolute atomic E-state index is 0.112. The first-order valence-corrected chi connectivity index (χ1v) is 6.61. The molecular formula is C13H17FO2S. The van der Waals surface area contributed by atoms with Gasteiger partial charge in [0.25, 0.3) is 0 Å². The molecule has 1 atom stereocenters. The normalized spacial score (nSPS) is 12.7. The molecule has 0 spiro atoms. The third-order valence-electron chi connectivity index (χ3n) is 2.78. The lowest BCUT2D eigenvalue weighted by atomic mass is 9.99. The molecule has 1 aromatic carbocycles.